The fourth-order valence-electron chi connectivity index (χ4n) is 3.85. The van der Waals surface area contributed by atoms with E-state index in [1.165, 1.54) is 15.8 Å². The van der Waals surface area contributed by atoms with Crippen LogP contribution in [0.5, 0.6) is 0 Å². The Bertz CT molecular complexity index is 738. The molecule has 1 aromatic heterocycles. The van der Waals surface area contributed by atoms with Crippen LogP contribution in [-0.4, -0.2) is 66.8 Å². The molecule has 0 saturated carbocycles. The summed E-state index contributed by atoms with van der Waals surface area (Å²) in [5, 5.41) is 3.57. The number of carbonyl (C=O) groups excluding carboxylic acids is 1. The summed E-state index contributed by atoms with van der Waals surface area (Å²) in [6.45, 7) is 10.5. The number of rotatable bonds is 8. The molecule has 1 aromatic carbocycles. The molecule has 1 aliphatic heterocycles. The third kappa shape index (κ3) is 5.18. The van der Waals surface area contributed by atoms with E-state index >= 15 is 0 Å². The van der Waals surface area contributed by atoms with E-state index in [1.54, 1.807) is 0 Å². The van der Waals surface area contributed by atoms with E-state index in [0.29, 0.717) is 5.75 Å². The van der Waals surface area contributed by atoms with E-state index in [-0.39, 0.29) is 11.9 Å². The number of thiol groups is 1. The van der Waals surface area contributed by atoms with Crippen LogP contribution >= 0.6 is 24.0 Å². The van der Waals surface area contributed by atoms with Crippen molar-refractivity contribution in [3.8, 4) is 0 Å². The van der Waals surface area contributed by atoms with Crippen molar-refractivity contribution in [1.29, 1.82) is 0 Å². The molecule has 148 valence electrons. The normalized spacial score (nSPS) is 15.6. The number of nitrogens with zero attached hydrogens (tertiary/aromatic N) is 3. The van der Waals surface area contributed by atoms with Crippen LogP contribution in [0.25, 0.3) is 10.1 Å². The number of unbranched alkanes of at least 4 members (excludes halogenated alkanes) is 1. The Morgan fingerprint density at radius 1 is 1.19 bits per heavy atom. The lowest BCUT2D eigenvalue weighted by atomic mass is 10.1. The third-order valence-corrected chi connectivity index (χ3v) is 6.54. The highest BCUT2D eigenvalue weighted by atomic mass is 32.1. The van der Waals surface area contributed by atoms with E-state index in [0.717, 1.165) is 52.1 Å². The number of anilines is 1. The number of piperazine rings is 1. The maximum absolute atomic E-state index is 11.9. The summed E-state index contributed by atoms with van der Waals surface area (Å²) in [4.78, 5) is 19.0. The summed E-state index contributed by atoms with van der Waals surface area (Å²) < 4.78 is 1.38. The number of thiophene rings is 1. The lowest BCUT2D eigenvalue weighted by Gasteiger charge is -2.36. The molecule has 0 aliphatic carbocycles. The maximum Gasteiger partial charge on any atom is 0.232 e. The molecule has 0 unspecified atom stereocenters. The number of fused-ring (bicyclic) bond motifs is 1. The predicted molar refractivity (Wildman–Crippen MR) is 120 cm³/mol. The minimum absolute atomic E-state index is 0.143. The average Bonchev–Trinajstić information content (AvgIpc) is 3.16. The van der Waals surface area contributed by atoms with E-state index in [1.807, 2.05) is 16.2 Å². The first-order chi connectivity index (χ1) is 13.1. The molecule has 2 aromatic rings. The first kappa shape index (κ1) is 20.5. The molecule has 1 saturated heterocycles. The summed E-state index contributed by atoms with van der Waals surface area (Å²) in [7, 11) is 0. The monoisotopic (exact) mass is 405 g/mol. The van der Waals surface area contributed by atoms with Crippen LogP contribution in [0.1, 0.15) is 26.7 Å². The molecule has 6 heteroatoms. The van der Waals surface area contributed by atoms with Gasteiger partial charge < -0.3 is 9.80 Å². The second-order valence-corrected chi connectivity index (χ2v) is 8.75. The van der Waals surface area contributed by atoms with Crippen molar-refractivity contribution in [3.05, 3.63) is 29.6 Å². The average molecular weight is 406 g/mol. The Hall–Kier alpha value is -1.24. The second-order valence-electron chi connectivity index (χ2n) is 7.48. The molecular formula is C21H31N3OS2. The summed E-state index contributed by atoms with van der Waals surface area (Å²) in [5.74, 6) is 0.446. The molecule has 0 N–H and O–H groups in total. The van der Waals surface area contributed by atoms with Gasteiger partial charge in [-0.3, -0.25) is 9.69 Å². The van der Waals surface area contributed by atoms with Gasteiger partial charge in [0.2, 0.25) is 5.91 Å². The van der Waals surface area contributed by atoms with Crippen LogP contribution in [0.3, 0.4) is 0 Å². The van der Waals surface area contributed by atoms with Crippen molar-refractivity contribution >= 4 is 45.6 Å². The number of hydrogen-bond acceptors (Lipinski definition) is 5. The minimum atomic E-state index is 0.143. The molecule has 1 amide bonds. The zero-order valence-corrected chi connectivity index (χ0v) is 18.1. The van der Waals surface area contributed by atoms with Crippen LogP contribution in [0.2, 0.25) is 0 Å². The van der Waals surface area contributed by atoms with Gasteiger partial charge in [0.25, 0.3) is 0 Å². The van der Waals surface area contributed by atoms with Crippen molar-refractivity contribution in [2.45, 2.75) is 32.7 Å². The number of carbonyl (C=O) groups is 1. The van der Waals surface area contributed by atoms with Gasteiger partial charge >= 0.3 is 0 Å². The molecule has 0 spiro atoms. The van der Waals surface area contributed by atoms with Gasteiger partial charge in [-0.2, -0.15) is 12.6 Å². The van der Waals surface area contributed by atoms with Crippen molar-refractivity contribution in [2.75, 3.05) is 49.9 Å². The lowest BCUT2D eigenvalue weighted by molar-refractivity contribution is -0.130. The van der Waals surface area contributed by atoms with E-state index < -0.39 is 0 Å². The molecule has 1 aliphatic rings. The third-order valence-electron chi connectivity index (χ3n) is 5.39. The Morgan fingerprint density at radius 2 is 1.96 bits per heavy atom. The summed E-state index contributed by atoms with van der Waals surface area (Å²) in [5.41, 5.74) is 1.38. The largest absolute Gasteiger partial charge is 0.368 e. The zero-order chi connectivity index (χ0) is 19.2. The standard InChI is InChI=1S/C21H31N3OS2/c1-17(2)24(21(25)16-26)10-4-3-9-22-11-13-23(14-12-22)19-6-5-7-20-18(19)8-15-27-20/h5-8,15,17,26H,3-4,9-14,16H2,1-2H3. The molecule has 0 radical (unpaired) electrons. The van der Waals surface area contributed by atoms with Gasteiger partial charge in [0.1, 0.15) is 0 Å². The van der Waals surface area contributed by atoms with Gasteiger partial charge in [-0.15, -0.1) is 11.3 Å². The van der Waals surface area contributed by atoms with Gasteiger partial charge in [-0.25, -0.2) is 0 Å². The highest BCUT2D eigenvalue weighted by Gasteiger charge is 2.19. The van der Waals surface area contributed by atoms with Gasteiger partial charge in [-0.05, 0) is 56.8 Å². The highest BCUT2D eigenvalue weighted by molar-refractivity contribution is 7.81. The van der Waals surface area contributed by atoms with Crippen molar-refractivity contribution in [3.63, 3.8) is 0 Å². The number of hydrogen-bond donors (Lipinski definition) is 1. The van der Waals surface area contributed by atoms with E-state index in [9.17, 15) is 4.79 Å². The Balaban J connectivity index is 1.42. The Morgan fingerprint density at radius 3 is 2.67 bits per heavy atom. The SMILES string of the molecule is CC(C)N(CCCCN1CCN(c2cccc3sccc23)CC1)C(=O)CS. The van der Waals surface area contributed by atoms with Gasteiger partial charge in [0.15, 0.2) is 0 Å². The van der Waals surface area contributed by atoms with Crippen molar-refractivity contribution < 1.29 is 4.79 Å². The highest BCUT2D eigenvalue weighted by Crippen LogP contribution is 2.31. The molecule has 0 atom stereocenters. The first-order valence-electron chi connectivity index (χ1n) is 9.94. The summed E-state index contributed by atoms with van der Waals surface area (Å²) in [6.07, 6.45) is 2.20. The van der Waals surface area contributed by atoms with E-state index in [2.05, 4.69) is 65.9 Å². The van der Waals surface area contributed by atoms with Gasteiger partial charge in [0, 0.05) is 54.5 Å². The van der Waals surface area contributed by atoms with E-state index in [4.69, 9.17) is 0 Å². The maximum atomic E-state index is 11.9. The van der Waals surface area contributed by atoms with Crippen LogP contribution in [0.15, 0.2) is 29.6 Å². The summed E-state index contributed by atoms with van der Waals surface area (Å²) in [6, 6.07) is 9.14. The van der Waals surface area contributed by atoms with Gasteiger partial charge in [-0.1, -0.05) is 6.07 Å². The quantitative estimate of drug-likeness (QED) is 0.532. The molecule has 4 nitrogen and oxygen atoms in total. The molecular weight excluding hydrogens is 374 g/mol. The fourth-order valence-corrected chi connectivity index (χ4v) is 4.83. The minimum Gasteiger partial charge on any atom is -0.368 e. The molecule has 27 heavy (non-hydrogen) atoms. The Labute approximate surface area is 172 Å². The predicted octanol–water partition coefficient (Wildman–Crippen LogP) is 3.97. The fraction of sp³-hybridized carbons (Fsp3) is 0.571. The zero-order valence-electron chi connectivity index (χ0n) is 16.4. The molecule has 2 heterocycles. The molecule has 3 rings (SSSR count). The van der Waals surface area contributed by atoms with Gasteiger partial charge in [0.05, 0.1) is 5.75 Å². The van der Waals surface area contributed by atoms with Crippen LogP contribution in [0, 0.1) is 0 Å². The lowest BCUT2D eigenvalue weighted by Crippen LogP contribution is -2.46. The Kier molecular flexibility index (Phi) is 7.44. The van der Waals surface area contributed by atoms with Crippen LogP contribution in [-0.2, 0) is 4.79 Å². The summed E-state index contributed by atoms with van der Waals surface area (Å²) >= 11 is 5.95. The molecule has 0 bridgehead atoms. The topological polar surface area (TPSA) is 26.8 Å². The first-order valence-corrected chi connectivity index (χ1v) is 11.4. The van der Waals surface area contributed by atoms with Crippen molar-refractivity contribution in [1.82, 2.24) is 9.80 Å². The van der Waals surface area contributed by atoms with Crippen molar-refractivity contribution in [2.24, 2.45) is 0 Å². The second kappa shape index (κ2) is 9.80. The van der Waals surface area contributed by atoms with Crippen LogP contribution in [0.4, 0.5) is 5.69 Å². The molecule has 1 fully saturated rings. The number of benzene rings is 1. The smallest absolute Gasteiger partial charge is 0.232 e. The van der Waals surface area contributed by atoms with Crippen LogP contribution < -0.4 is 4.90 Å². The number of amides is 1.